The van der Waals surface area contributed by atoms with E-state index in [1.165, 1.54) is 12.0 Å². The fraction of sp³-hybridized carbons (Fsp3) is 0.562. The van der Waals surface area contributed by atoms with Crippen LogP contribution in [0.25, 0.3) is 0 Å². The van der Waals surface area contributed by atoms with Crippen LogP contribution < -0.4 is 0 Å². The second-order valence-corrected chi connectivity index (χ2v) is 6.16. The van der Waals surface area contributed by atoms with Gasteiger partial charge in [0.15, 0.2) is 0 Å². The van der Waals surface area contributed by atoms with Crippen molar-refractivity contribution in [3.63, 3.8) is 0 Å². The number of hydrogen-bond donors (Lipinski definition) is 1. The van der Waals surface area contributed by atoms with Gasteiger partial charge in [0.05, 0.1) is 0 Å². The van der Waals surface area contributed by atoms with Gasteiger partial charge < -0.3 is 10.0 Å². The van der Waals surface area contributed by atoms with Crippen LogP contribution in [0.2, 0.25) is 0 Å². The van der Waals surface area contributed by atoms with E-state index in [1.54, 1.807) is 11.8 Å². The van der Waals surface area contributed by atoms with E-state index >= 15 is 0 Å². The Morgan fingerprint density at radius 1 is 1.45 bits per heavy atom. The molecule has 0 spiro atoms. The van der Waals surface area contributed by atoms with Crippen LogP contribution in [0, 0.1) is 0 Å². The van der Waals surface area contributed by atoms with Crippen molar-refractivity contribution in [3.8, 4) is 0 Å². The lowest BCUT2D eigenvalue weighted by Crippen LogP contribution is -2.45. The average Bonchev–Trinajstić information content (AvgIpc) is 2.41. The molecule has 1 amide bonds. The third-order valence-corrected chi connectivity index (χ3v) is 4.44. The number of carbonyl (C=O) groups excluding carboxylic acids is 1. The lowest BCUT2D eigenvalue weighted by atomic mass is 9.90. The molecule has 1 aromatic rings. The van der Waals surface area contributed by atoms with Crippen LogP contribution in [0.3, 0.4) is 0 Å². The van der Waals surface area contributed by atoms with Crippen LogP contribution in [0.5, 0.6) is 0 Å². The third-order valence-electron chi connectivity index (χ3n) is 3.82. The van der Waals surface area contributed by atoms with Crippen molar-refractivity contribution >= 4 is 17.7 Å². The Bertz CT molecular complexity index is 446. The van der Waals surface area contributed by atoms with Crippen LogP contribution >= 0.6 is 11.8 Å². The lowest BCUT2D eigenvalue weighted by Gasteiger charge is -2.37. The standard InChI is InChI=1S/C16H23NO2S/c1-20-12-13-5-2-6-14(11-13)16(19)17(9-4-10-18)15-7-3-8-15/h2,5-6,11,15,18H,3-4,7-10,12H2,1H3. The smallest absolute Gasteiger partial charge is 0.254 e. The van der Waals surface area contributed by atoms with Gasteiger partial charge >= 0.3 is 0 Å². The maximum Gasteiger partial charge on any atom is 0.254 e. The maximum atomic E-state index is 12.7. The first-order valence-electron chi connectivity index (χ1n) is 7.26. The predicted molar refractivity (Wildman–Crippen MR) is 84.0 cm³/mol. The first-order valence-corrected chi connectivity index (χ1v) is 8.65. The van der Waals surface area contributed by atoms with E-state index in [0.717, 1.165) is 24.2 Å². The van der Waals surface area contributed by atoms with E-state index in [4.69, 9.17) is 5.11 Å². The number of rotatable bonds is 7. The van der Waals surface area contributed by atoms with Crippen molar-refractivity contribution in [3.05, 3.63) is 35.4 Å². The van der Waals surface area contributed by atoms with Gasteiger partial charge in [0.2, 0.25) is 0 Å². The molecule has 110 valence electrons. The van der Waals surface area contributed by atoms with Gasteiger partial charge in [-0.3, -0.25) is 4.79 Å². The minimum atomic E-state index is 0.117. The molecule has 1 fully saturated rings. The highest BCUT2D eigenvalue weighted by Gasteiger charge is 2.28. The molecule has 1 saturated carbocycles. The molecule has 0 aromatic heterocycles. The quantitative estimate of drug-likeness (QED) is 0.840. The molecule has 0 saturated heterocycles. The van der Waals surface area contributed by atoms with Gasteiger partial charge in [-0.2, -0.15) is 11.8 Å². The molecule has 3 nitrogen and oxygen atoms in total. The van der Waals surface area contributed by atoms with Crippen molar-refractivity contribution in [1.29, 1.82) is 0 Å². The Kier molecular flexibility index (Phi) is 5.92. The number of aliphatic hydroxyl groups is 1. The molecular formula is C16H23NO2S. The Morgan fingerprint density at radius 3 is 2.85 bits per heavy atom. The monoisotopic (exact) mass is 293 g/mol. The summed E-state index contributed by atoms with van der Waals surface area (Å²) in [7, 11) is 0. The molecule has 0 radical (unpaired) electrons. The minimum Gasteiger partial charge on any atom is -0.396 e. The zero-order chi connectivity index (χ0) is 14.4. The Labute approximate surface area is 125 Å². The molecule has 0 bridgehead atoms. The highest BCUT2D eigenvalue weighted by Crippen LogP contribution is 2.26. The van der Waals surface area contributed by atoms with Gasteiger partial charge in [-0.05, 0) is 49.6 Å². The van der Waals surface area contributed by atoms with Gasteiger partial charge in [-0.15, -0.1) is 0 Å². The molecule has 20 heavy (non-hydrogen) atoms. The molecule has 1 aromatic carbocycles. The van der Waals surface area contributed by atoms with E-state index in [2.05, 4.69) is 12.3 Å². The number of aliphatic hydroxyl groups excluding tert-OH is 1. The van der Waals surface area contributed by atoms with Gasteiger partial charge in [-0.25, -0.2) is 0 Å². The summed E-state index contributed by atoms with van der Waals surface area (Å²) < 4.78 is 0. The molecule has 2 rings (SSSR count). The van der Waals surface area contributed by atoms with Gasteiger partial charge in [0.25, 0.3) is 5.91 Å². The molecule has 1 N–H and O–H groups in total. The maximum absolute atomic E-state index is 12.7. The number of amides is 1. The molecule has 4 heteroatoms. The van der Waals surface area contributed by atoms with E-state index in [0.29, 0.717) is 19.0 Å². The summed E-state index contributed by atoms with van der Waals surface area (Å²) in [4.78, 5) is 14.6. The summed E-state index contributed by atoms with van der Waals surface area (Å²) in [6, 6.07) is 8.30. The predicted octanol–water partition coefficient (Wildman–Crippen LogP) is 2.93. The second kappa shape index (κ2) is 7.70. The topological polar surface area (TPSA) is 40.5 Å². The van der Waals surface area contributed by atoms with Crippen LogP contribution in [-0.4, -0.2) is 41.4 Å². The SMILES string of the molecule is CSCc1cccc(C(=O)N(CCCO)C2CCC2)c1. The first-order chi connectivity index (χ1) is 9.76. The van der Waals surface area contributed by atoms with Gasteiger partial charge in [-0.1, -0.05) is 12.1 Å². The summed E-state index contributed by atoms with van der Waals surface area (Å²) in [6.45, 7) is 0.801. The summed E-state index contributed by atoms with van der Waals surface area (Å²) >= 11 is 1.76. The van der Waals surface area contributed by atoms with Gasteiger partial charge in [0, 0.05) is 30.5 Å². The summed E-state index contributed by atoms with van der Waals surface area (Å²) in [5.74, 6) is 1.05. The van der Waals surface area contributed by atoms with Crippen LogP contribution in [-0.2, 0) is 5.75 Å². The van der Waals surface area contributed by atoms with Crippen molar-refractivity contribution < 1.29 is 9.90 Å². The number of benzene rings is 1. The van der Waals surface area contributed by atoms with Crippen LogP contribution in [0.15, 0.2) is 24.3 Å². The Hall–Kier alpha value is -1.00. The highest BCUT2D eigenvalue weighted by atomic mass is 32.2. The van der Waals surface area contributed by atoms with Crippen molar-refractivity contribution in [1.82, 2.24) is 4.90 Å². The zero-order valence-corrected chi connectivity index (χ0v) is 12.9. The molecule has 1 aliphatic carbocycles. The van der Waals surface area contributed by atoms with Crippen LogP contribution in [0.1, 0.15) is 41.6 Å². The third kappa shape index (κ3) is 3.76. The molecule has 0 atom stereocenters. The van der Waals surface area contributed by atoms with Gasteiger partial charge in [0.1, 0.15) is 0 Å². The summed E-state index contributed by atoms with van der Waals surface area (Å²) in [5, 5.41) is 9.01. The first kappa shape index (κ1) is 15.4. The van der Waals surface area contributed by atoms with Crippen molar-refractivity contribution in [2.24, 2.45) is 0 Å². The minimum absolute atomic E-state index is 0.117. The molecule has 0 unspecified atom stereocenters. The number of thioether (sulfide) groups is 1. The number of nitrogens with zero attached hydrogens (tertiary/aromatic N) is 1. The molecular weight excluding hydrogens is 270 g/mol. The fourth-order valence-corrected chi connectivity index (χ4v) is 3.03. The van der Waals surface area contributed by atoms with E-state index in [-0.39, 0.29) is 12.5 Å². The van der Waals surface area contributed by atoms with E-state index in [9.17, 15) is 4.79 Å². The van der Waals surface area contributed by atoms with Crippen molar-refractivity contribution in [2.45, 2.75) is 37.5 Å². The largest absolute Gasteiger partial charge is 0.396 e. The number of carbonyl (C=O) groups is 1. The summed E-state index contributed by atoms with van der Waals surface area (Å²) in [5.41, 5.74) is 1.97. The summed E-state index contributed by atoms with van der Waals surface area (Å²) in [6.07, 6.45) is 6.13. The van der Waals surface area contributed by atoms with Crippen LogP contribution in [0.4, 0.5) is 0 Å². The lowest BCUT2D eigenvalue weighted by molar-refractivity contribution is 0.0562. The zero-order valence-electron chi connectivity index (χ0n) is 12.0. The molecule has 1 aliphatic rings. The molecule has 0 aliphatic heterocycles. The van der Waals surface area contributed by atoms with Crippen molar-refractivity contribution in [2.75, 3.05) is 19.4 Å². The molecule has 0 heterocycles. The van der Waals surface area contributed by atoms with E-state index < -0.39 is 0 Å². The number of hydrogen-bond acceptors (Lipinski definition) is 3. The normalized spacial score (nSPS) is 14.9. The Morgan fingerprint density at radius 2 is 2.25 bits per heavy atom. The van der Waals surface area contributed by atoms with E-state index in [1.807, 2.05) is 23.1 Å². The second-order valence-electron chi connectivity index (χ2n) is 5.29. The highest BCUT2D eigenvalue weighted by molar-refractivity contribution is 7.97. The Balaban J connectivity index is 2.11. The average molecular weight is 293 g/mol. The fourth-order valence-electron chi connectivity index (χ4n) is 2.52.